The highest BCUT2D eigenvalue weighted by atomic mass is 19.1. The standard InChI is InChI=1S/C22H27FN2O.C9H10O2.C5H13N/c1-16(2)14-25-11-9-18(10-12-25)21-5-4-6-22(24-21)26-15-19-8-7-17(3)13-20(19)23;1-6-3-4-8(9(10)11)5-7(6)2;1-4-5-6(2)3/h4-8,13,18H,1,9-12,14-15H2,2-3H3;3-5H,1-2H3,(H,10,11);4-5H2,1-3H3. The first kappa shape index (κ1) is 35.6. The summed E-state index contributed by atoms with van der Waals surface area (Å²) >= 11 is 0. The van der Waals surface area contributed by atoms with Gasteiger partial charge in [0.2, 0.25) is 5.88 Å². The fraction of sp³-hybridized carbons (Fsp3) is 0.444. The third-order valence-electron chi connectivity index (χ3n) is 7.25. The number of rotatable bonds is 9. The van der Waals surface area contributed by atoms with Crippen LogP contribution in [0.3, 0.4) is 0 Å². The van der Waals surface area contributed by atoms with Crippen LogP contribution in [0.5, 0.6) is 5.88 Å². The average molecular weight is 592 g/mol. The molecule has 1 N–H and O–H groups in total. The Bertz CT molecular complexity index is 1320. The van der Waals surface area contributed by atoms with E-state index in [1.54, 1.807) is 18.2 Å². The monoisotopic (exact) mass is 591 g/mol. The number of likely N-dealkylation sites (tertiary alicyclic amines) is 1. The van der Waals surface area contributed by atoms with Gasteiger partial charge in [0.1, 0.15) is 12.4 Å². The molecule has 0 bridgehead atoms. The summed E-state index contributed by atoms with van der Waals surface area (Å²) in [7, 11) is 4.17. The van der Waals surface area contributed by atoms with E-state index in [4.69, 9.17) is 9.84 Å². The first-order valence-electron chi connectivity index (χ1n) is 15.1. The Labute approximate surface area is 258 Å². The van der Waals surface area contributed by atoms with Crippen molar-refractivity contribution >= 4 is 5.97 Å². The molecule has 0 spiro atoms. The normalized spacial score (nSPS) is 13.4. The van der Waals surface area contributed by atoms with Crippen molar-refractivity contribution in [2.75, 3.05) is 40.3 Å². The second-order valence-electron chi connectivity index (χ2n) is 11.7. The number of nitrogens with zero attached hydrogens (tertiary/aromatic N) is 3. The van der Waals surface area contributed by atoms with E-state index in [1.807, 2.05) is 45.0 Å². The number of aromatic nitrogens is 1. The third-order valence-corrected chi connectivity index (χ3v) is 7.25. The molecule has 0 atom stereocenters. The summed E-state index contributed by atoms with van der Waals surface area (Å²) in [4.78, 5) is 19.8. The first-order valence-corrected chi connectivity index (χ1v) is 15.1. The van der Waals surface area contributed by atoms with Crippen LogP contribution in [0.2, 0.25) is 0 Å². The number of pyridine rings is 1. The number of benzene rings is 2. The van der Waals surface area contributed by atoms with Gasteiger partial charge in [-0.3, -0.25) is 4.90 Å². The maximum Gasteiger partial charge on any atom is 0.335 e. The van der Waals surface area contributed by atoms with Crippen molar-refractivity contribution in [3.05, 3.63) is 106 Å². The summed E-state index contributed by atoms with van der Waals surface area (Å²) in [5, 5.41) is 8.60. The summed E-state index contributed by atoms with van der Waals surface area (Å²) in [6.07, 6.45) is 3.44. The molecule has 0 amide bonds. The molecular formula is C36H50FN3O3. The summed E-state index contributed by atoms with van der Waals surface area (Å²) < 4.78 is 19.7. The van der Waals surface area contributed by atoms with Crippen molar-refractivity contribution in [3.8, 4) is 5.88 Å². The van der Waals surface area contributed by atoms with E-state index in [1.165, 1.54) is 24.6 Å². The molecule has 1 aliphatic heterocycles. The van der Waals surface area contributed by atoms with E-state index in [-0.39, 0.29) is 12.4 Å². The molecule has 3 aromatic rings. The van der Waals surface area contributed by atoms with Gasteiger partial charge in [0.15, 0.2) is 0 Å². The predicted octanol–water partition coefficient (Wildman–Crippen LogP) is 7.82. The molecule has 0 saturated carbocycles. The van der Waals surface area contributed by atoms with Gasteiger partial charge in [-0.2, -0.15) is 0 Å². The van der Waals surface area contributed by atoms with Crippen LogP contribution in [0.4, 0.5) is 4.39 Å². The quantitative estimate of drug-likeness (QED) is 0.256. The highest BCUT2D eigenvalue weighted by molar-refractivity contribution is 5.87. The van der Waals surface area contributed by atoms with Gasteiger partial charge in [0.25, 0.3) is 0 Å². The molecule has 4 rings (SSSR count). The number of carbonyl (C=O) groups is 1. The minimum Gasteiger partial charge on any atom is -0.478 e. The van der Waals surface area contributed by atoms with Crippen molar-refractivity contribution < 1.29 is 19.0 Å². The van der Waals surface area contributed by atoms with Crippen LogP contribution in [-0.4, -0.2) is 66.1 Å². The van der Waals surface area contributed by atoms with Gasteiger partial charge < -0.3 is 14.7 Å². The molecule has 0 radical (unpaired) electrons. The Hall–Kier alpha value is -3.55. The van der Waals surface area contributed by atoms with Crippen molar-refractivity contribution in [1.29, 1.82) is 0 Å². The Balaban J connectivity index is 0.000000312. The van der Waals surface area contributed by atoms with Gasteiger partial charge in [-0.15, -0.1) is 0 Å². The number of carboxylic acids is 1. The van der Waals surface area contributed by atoms with Crippen molar-refractivity contribution in [1.82, 2.24) is 14.8 Å². The third kappa shape index (κ3) is 13.1. The topological polar surface area (TPSA) is 65.9 Å². The molecule has 6 nitrogen and oxygen atoms in total. The summed E-state index contributed by atoms with van der Waals surface area (Å²) in [6, 6.07) is 16.2. The lowest BCUT2D eigenvalue weighted by molar-refractivity contribution is 0.0696. The van der Waals surface area contributed by atoms with E-state index in [2.05, 4.69) is 55.4 Å². The number of hydrogen-bond donors (Lipinski definition) is 1. The maximum absolute atomic E-state index is 13.9. The molecular weight excluding hydrogens is 541 g/mol. The Kier molecular flexibility index (Phi) is 15.1. The van der Waals surface area contributed by atoms with Crippen LogP contribution in [0.1, 0.15) is 77.3 Å². The van der Waals surface area contributed by atoms with Crippen molar-refractivity contribution in [2.24, 2.45) is 0 Å². The summed E-state index contributed by atoms with van der Waals surface area (Å²) in [5.74, 6) is -0.0815. The molecule has 43 heavy (non-hydrogen) atoms. The van der Waals surface area contributed by atoms with Crippen LogP contribution in [0.15, 0.2) is 66.7 Å². The second kappa shape index (κ2) is 18.2. The van der Waals surface area contributed by atoms with Gasteiger partial charge in [-0.1, -0.05) is 43.3 Å². The molecule has 1 aliphatic rings. The summed E-state index contributed by atoms with van der Waals surface area (Å²) in [5.41, 5.74) is 6.23. The van der Waals surface area contributed by atoms with E-state index in [9.17, 15) is 9.18 Å². The molecule has 0 unspecified atom stereocenters. The lowest BCUT2D eigenvalue weighted by Gasteiger charge is -2.31. The number of carboxylic acid groups (broad SMARTS) is 1. The lowest BCUT2D eigenvalue weighted by atomic mass is 9.93. The van der Waals surface area contributed by atoms with Gasteiger partial charge in [-0.05, 0) is 122 Å². The molecule has 0 aliphatic carbocycles. The number of ether oxygens (including phenoxy) is 1. The zero-order valence-electron chi connectivity index (χ0n) is 27.1. The molecule has 1 fully saturated rings. The highest BCUT2D eigenvalue weighted by Gasteiger charge is 2.21. The van der Waals surface area contributed by atoms with Crippen LogP contribution in [0.25, 0.3) is 0 Å². The van der Waals surface area contributed by atoms with Gasteiger partial charge in [-0.25, -0.2) is 14.2 Å². The number of piperidine rings is 1. The SMILES string of the molecule is C=C(C)CN1CCC(c2cccc(OCc3ccc(C)cc3F)n2)CC1.CCCN(C)C.Cc1ccc(C(=O)O)cc1C. The first-order chi connectivity index (χ1) is 20.4. The molecule has 2 heterocycles. The largest absolute Gasteiger partial charge is 0.478 e. The maximum atomic E-state index is 13.9. The van der Waals surface area contributed by atoms with Crippen LogP contribution >= 0.6 is 0 Å². The van der Waals surface area contributed by atoms with E-state index in [0.29, 0.717) is 22.9 Å². The Morgan fingerprint density at radius 1 is 1.07 bits per heavy atom. The van der Waals surface area contributed by atoms with E-state index in [0.717, 1.165) is 54.9 Å². The van der Waals surface area contributed by atoms with E-state index < -0.39 is 5.97 Å². The number of hydrogen-bond acceptors (Lipinski definition) is 5. The minimum atomic E-state index is -0.867. The molecule has 2 aromatic carbocycles. The minimum absolute atomic E-state index is 0.194. The van der Waals surface area contributed by atoms with Crippen molar-refractivity contribution in [3.63, 3.8) is 0 Å². The Morgan fingerprint density at radius 3 is 2.30 bits per heavy atom. The fourth-order valence-corrected chi connectivity index (χ4v) is 4.75. The van der Waals surface area contributed by atoms with Gasteiger partial charge >= 0.3 is 5.97 Å². The summed E-state index contributed by atoms with van der Waals surface area (Å²) in [6.45, 7) is 18.5. The smallest absolute Gasteiger partial charge is 0.335 e. The van der Waals surface area contributed by atoms with Crippen LogP contribution in [0, 0.1) is 26.6 Å². The number of aromatic carboxylic acids is 1. The van der Waals surface area contributed by atoms with E-state index >= 15 is 0 Å². The molecule has 1 aromatic heterocycles. The Morgan fingerprint density at radius 2 is 1.77 bits per heavy atom. The zero-order valence-corrected chi connectivity index (χ0v) is 27.1. The second-order valence-corrected chi connectivity index (χ2v) is 11.7. The number of halogens is 1. The zero-order chi connectivity index (χ0) is 31.9. The van der Waals surface area contributed by atoms with Crippen LogP contribution in [-0.2, 0) is 6.61 Å². The molecule has 1 saturated heterocycles. The fourth-order valence-electron chi connectivity index (χ4n) is 4.75. The highest BCUT2D eigenvalue weighted by Crippen LogP contribution is 2.28. The lowest BCUT2D eigenvalue weighted by Crippen LogP contribution is -2.34. The van der Waals surface area contributed by atoms with Gasteiger partial charge in [0, 0.05) is 29.8 Å². The van der Waals surface area contributed by atoms with Gasteiger partial charge in [0.05, 0.1) is 5.56 Å². The van der Waals surface area contributed by atoms with Crippen LogP contribution < -0.4 is 4.74 Å². The molecule has 234 valence electrons. The molecule has 7 heteroatoms. The number of aryl methyl sites for hydroxylation is 3. The average Bonchev–Trinajstić information content (AvgIpc) is 2.95. The predicted molar refractivity (Wildman–Crippen MR) is 175 cm³/mol. The van der Waals surface area contributed by atoms with Crippen molar-refractivity contribution in [2.45, 2.75) is 66.4 Å².